The van der Waals surface area contributed by atoms with Crippen LogP contribution in [-0.2, 0) is 10.0 Å². The summed E-state index contributed by atoms with van der Waals surface area (Å²) in [6.45, 7) is 0. The Kier molecular flexibility index (Phi) is 3.48. The second kappa shape index (κ2) is 5.32. The Hall–Kier alpha value is -2.57. The maximum absolute atomic E-state index is 12.4. The molecule has 22 heavy (non-hydrogen) atoms. The van der Waals surface area contributed by atoms with Crippen LogP contribution in [0.1, 0.15) is 5.56 Å². The van der Waals surface area contributed by atoms with Crippen LogP contribution in [0.15, 0.2) is 34.8 Å². The maximum atomic E-state index is 12.4. The average molecular weight is 334 g/mol. The van der Waals surface area contributed by atoms with Crippen LogP contribution >= 0.6 is 11.3 Å². The Morgan fingerprint density at radius 2 is 2.27 bits per heavy atom. The average Bonchev–Trinajstić information content (AvgIpc) is 3.14. The molecule has 0 amide bonds. The Morgan fingerprint density at radius 1 is 1.45 bits per heavy atom. The molecule has 0 aliphatic carbocycles. The lowest BCUT2D eigenvalue weighted by molar-refractivity contribution is 0.412. The Morgan fingerprint density at radius 3 is 2.95 bits per heavy atom. The van der Waals surface area contributed by atoms with E-state index in [9.17, 15) is 8.42 Å². The number of rotatable bonds is 4. The van der Waals surface area contributed by atoms with Crippen LogP contribution in [0.5, 0.6) is 5.19 Å². The fourth-order valence-electron chi connectivity index (χ4n) is 1.99. The van der Waals surface area contributed by atoms with Crippen LogP contribution in [0, 0.1) is 11.3 Å². The second-order valence-corrected chi connectivity index (χ2v) is 7.20. The molecule has 2 N–H and O–H groups in total. The number of aromatic nitrogens is 2. The molecule has 0 atom stereocenters. The summed E-state index contributed by atoms with van der Waals surface area (Å²) in [5, 5.41) is 9.95. The van der Waals surface area contributed by atoms with Gasteiger partial charge in [0.2, 0.25) is 0 Å². The molecule has 2 aromatic heterocycles. The zero-order valence-corrected chi connectivity index (χ0v) is 13.0. The third-order valence-electron chi connectivity index (χ3n) is 2.98. The van der Waals surface area contributed by atoms with Crippen molar-refractivity contribution in [2.45, 2.75) is 4.21 Å². The standard InChI is InChI=1S/C13H10N4O3S2/c1-20-13-16-7-11(21-13)22(18,19)17-10-4-2-3-9-8(5-14)6-15-12(9)10/h2-4,6-7,15,17H,1H3. The first-order chi connectivity index (χ1) is 10.5. The fraction of sp³-hybridized carbons (Fsp3) is 0.0769. The molecule has 0 aliphatic heterocycles. The van der Waals surface area contributed by atoms with Gasteiger partial charge in [0.15, 0.2) is 4.21 Å². The molecule has 0 bridgehead atoms. The van der Waals surface area contributed by atoms with E-state index >= 15 is 0 Å². The van der Waals surface area contributed by atoms with Crippen LogP contribution < -0.4 is 9.46 Å². The summed E-state index contributed by atoms with van der Waals surface area (Å²) in [5.41, 5.74) is 1.38. The van der Waals surface area contributed by atoms with Crippen molar-refractivity contribution in [2.24, 2.45) is 0 Å². The number of anilines is 1. The number of ether oxygens (including phenoxy) is 1. The molecule has 3 rings (SSSR count). The highest BCUT2D eigenvalue weighted by atomic mass is 32.2. The van der Waals surface area contributed by atoms with Gasteiger partial charge in [0, 0.05) is 11.6 Å². The van der Waals surface area contributed by atoms with Gasteiger partial charge >= 0.3 is 0 Å². The highest BCUT2D eigenvalue weighted by Gasteiger charge is 2.20. The molecule has 0 aliphatic rings. The van der Waals surface area contributed by atoms with Crippen LogP contribution in [0.3, 0.4) is 0 Å². The van der Waals surface area contributed by atoms with Crippen molar-refractivity contribution in [3.63, 3.8) is 0 Å². The van der Waals surface area contributed by atoms with Crippen LogP contribution in [0.4, 0.5) is 5.69 Å². The van der Waals surface area contributed by atoms with Gasteiger partial charge in [0.05, 0.1) is 30.1 Å². The number of H-pyrrole nitrogens is 1. The fourth-order valence-corrected chi connectivity index (χ4v) is 3.99. The van der Waals surface area contributed by atoms with Gasteiger partial charge in [-0.25, -0.2) is 13.4 Å². The molecule has 0 unspecified atom stereocenters. The molecule has 112 valence electrons. The molecule has 2 heterocycles. The van der Waals surface area contributed by atoms with Gasteiger partial charge in [-0.05, 0) is 6.07 Å². The number of nitriles is 1. The van der Waals surface area contributed by atoms with E-state index in [0.29, 0.717) is 22.2 Å². The van der Waals surface area contributed by atoms with Crippen LogP contribution in [0.25, 0.3) is 10.9 Å². The number of fused-ring (bicyclic) bond motifs is 1. The molecule has 0 spiro atoms. The first-order valence-electron chi connectivity index (χ1n) is 6.08. The van der Waals surface area contributed by atoms with Crippen molar-refractivity contribution in [3.8, 4) is 11.3 Å². The van der Waals surface area contributed by atoms with E-state index in [-0.39, 0.29) is 9.40 Å². The lowest BCUT2D eigenvalue weighted by Crippen LogP contribution is -2.11. The number of sulfonamides is 1. The number of thiazole rings is 1. The lowest BCUT2D eigenvalue weighted by Gasteiger charge is -2.07. The number of nitrogens with zero attached hydrogens (tertiary/aromatic N) is 2. The first-order valence-corrected chi connectivity index (χ1v) is 8.38. The van der Waals surface area contributed by atoms with Gasteiger partial charge in [0.1, 0.15) is 6.07 Å². The molecule has 0 fully saturated rings. The van der Waals surface area contributed by atoms with Gasteiger partial charge in [-0.3, -0.25) is 4.72 Å². The smallest absolute Gasteiger partial charge is 0.274 e. The van der Waals surface area contributed by atoms with E-state index in [1.807, 2.05) is 6.07 Å². The second-order valence-electron chi connectivity index (χ2n) is 4.30. The van der Waals surface area contributed by atoms with E-state index in [1.165, 1.54) is 19.5 Å². The van der Waals surface area contributed by atoms with E-state index in [2.05, 4.69) is 14.7 Å². The number of aromatic amines is 1. The molecular weight excluding hydrogens is 324 g/mol. The summed E-state index contributed by atoms with van der Waals surface area (Å²) < 4.78 is 32.2. The summed E-state index contributed by atoms with van der Waals surface area (Å²) in [4.78, 5) is 6.76. The minimum Gasteiger partial charge on any atom is -0.473 e. The Labute approximate surface area is 130 Å². The molecule has 0 saturated heterocycles. The highest BCUT2D eigenvalue weighted by molar-refractivity contribution is 7.94. The van der Waals surface area contributed by atoms with Crippen molar-refractivity contribution >= 4 is 38.0 Å². The number of methoxy groups -OCH3 is 1. The quantitative estimate of drug-likeness (QED) is 0.761. The van der Waals surface area contributed by atoms with Crippen molar-refractivity contribution < 1.29 is 13.2 Å². The third kappa shape index (κ3) is 2.38. The lowest BCUT2D eigenvalue weighted by atomic mass is 10.2. The summed E-state index contributed by atoms with van der Waals surface area (Å²) in [6, 6.07) is 7.10. The normalized spacial score (nSPS) is 11.3. The third-order valence-corrected chi connectivity index (χ3v) is 5.77. The van der Waals surface area contributed by atoms with E-state index in [4.69, 9.17) is 10.00 Å². The number of hydrogen-bond acceptors (Lipinski definition) is 6. The summed E-state index contributed by atoms with van der Waals surface area (Å²) >= 11 is 0.928. The minimum absolute atomic E-state index is 0.0495. The van der Waals surface area contributed by atoms with Gasteiger partial charge < -0.3 is 9.72 Å². The van der Waals surface area contributed by atoms with E-state index in [1.54, 1.807) is 18.2 Å². The summed E-state index contributed by atoms with van der Waals surface area (Å²) in [5.74, 6) is 0. The highest BCUT2D eigenvalue weighted by Crippen LogP contribution is 2.29. The SMILES string of the molecule is COc1ncc(S(=O)(=O)Nc2cccc3c(C#N)c[nH]c23)s1. The monoisotopic (exact) mass is 334 g/mol. The predicted octanol–water partition coefficient (Wildman–Crippen LogP) is 2.31. The van der Waals surface area contributed by atoms with Crippen molar-refractivity contribution in [1.82, 2.24) is 9.97 Å². The van der Waals surface area contributed by atoms with Gasteiger partial charge in [-0.15, -0.1) is 0 Å². The van der Waals surface area contributed by atoms with Gasteiger partial charge in [-0.2, -0.15) is 5.26 Å². The van der Waals surface area contributed by atoms with Gasteiger partial charge in [-0.1, -0.05) is 23.5 Å². The number of hydrogen-bond donors (Lipinski definition) is 2. The molecule has 7 nitrogen and oxygen atoms in total. The van der Waals surface area contributed by atoms with Gasteiger partial charge in [0.25, 0.3) is 15.2 Å². The predicted molar refractivity (Wildman–Crippen MR) is 82.5 cm³/mol. The van der Waals surface area contributed by atoms with Crippen LogP contribution in [0.2, 0.25) is 0 Å². The van der Waals surface area contributed by atoms with Crippen molar-refractivity contribution in [2.75, 3.05) is 11.8 Å². The van der Waals surface area contributed by atoms with E-state index < -0.39 is 10.0 Å². The largest absolute Gasteiger partial charge is 0.473 e. The maximum Gasteiger partial charge on any atom is 0.274 e. The minimum atomic E-state index is -3.77. The first kappa shape index (κ1) is 14.4. The molecule has 9 heteroatoms. The topological polar surface area (TPSA) is 108 Å². The zero-order chi connectivity index (χ0) is 15.7. The molecule has 0 radical (unpaired) electrons. The Balaban J connectivity index is 2.02. The number of para-hydroxylation sites is 1. The zero-order valence-electron chi connectivity index (χ0n) is 11.3. The summed E-state index contributed by atoms with van der Waals surface area (Å²) in [7, 11) is -2.35. The molecule has 0 saturated carbocycles. The molecular formula is C13H10N4O3S2. The number of nitrogens with one attached hydrogen (secondary N) is 2. The van der Waals surface area contributed by atoms with Crippen molar-refractivity contribution in [1.29, 1.82) is 5.26 Å². The summed E-state index contributed by atoms with van der Waals surface area (Å²) in [6.07, 6.45) is 2.78. The number of benzene rings is 1. The van der Waals surface area contributed by atoms with Crippen molar-refractivity contribution in [3.05, 3.63) is 36.2 Å². The van der Waals surface area contributed by atoms with Crippen LogP contribution in [-0.4, -0.2) is 25.5 Å². The molecule has 1 aromatic carbocycles. The van der Waals surface area contributed by atoms with E-state index in [0.717, 1.165) is 11.3 Å². The molecule has 3 aromatic rings. The Bertz CT molecular complexity index is 982.